The zero-order valence-electron chi connectivity index (χ0n) is 15.5. The van der Waals surface area contributed by atoms with Gasteiger partial charge in [0.2, 0.25) is 0 Å². The Morgan fingerprint density at radius 1 is 0.810 bits per heavy atom. The molecule has 0 radical (unpaired) electrons. The van der Waals surface area contributed by atoms with Crippen LogP contribution in [0.3, 0.4) is 0 Å². The second kappa shape index (κ2) is 13.5. The molecule has 0 aromatic heterocycles. The molecule has 0 fully saturated rings. The first-order valence-corrected chi connectivity index (χ1v) is 8.79. The largest absolute Gasteiger partial charge is 0.314 e. The summed E-state index contributed by atoms with van der Waals surface area (Å²) in [5.41, 5.74) is 0. The highest BCUT2D eigenvalue weighted by Crippen LogP contribution is 1.94. The number of nitrogens with zero attached hydrogens (tertiary/aromatic N) is 3. The lowest BCUT2D eigenvalue weighted by atomic mass is 10.2. The van der Waals surface area contributed by atoms with Crippen LogP contribution in [0.2, 0.25) is 0 Å². The van der Waals surface area contributed by atoms with Gasteiger partial charge in [0, 0.05) is 32.7 Å². The van der Waals surface area contributed by atoms with E-state index in [0.717, 1.165) is 32.1 Å². The minimum atomic E-state index is 0.756. The first kappa shape index (κ1) is 20.8. The monoisotopic (exact) mass is 300 g/mol. The van der Waals surface area contributed by atoms with Crippen LogP contribution < -0.4 is 5.32 Å². The normalized spacial score (nSPS) is 12.3. The Hall–Kier alpha value is -0.160. The summed E-state index contributed by atoms with van der Waals surface area (Å²) in [4.78, 5) is 7.34. The highest BCUT2D eigenvalue weighted by Gasteiger charge is 2.03. The van der Waals surface area contributed by atoms with Crippen LogP contribution in [0.5, 0.6) is 0 Å². The van der Waals surface area contributed by atoms with E-state index in [4.69, 9.17) is 0 Å². The number of nitrogens with one attached hydrogen (secondary N) is 1. The number of likely N-dealkylation sites (N-methyl/N-ethyl adjacent to an activating group) is 2. The Kier molecular flexibility index (Phi) is 13.4. The molecule has 0 heterocycles. The predicted molar refractivity (Wildman–Crippen MR) is 95.1 cm³/mol. The van der Waals surface area contributed by atoms with E-state index in [-0.39, 0.29) is 0 Å². The van der Waals surface area contributed by atoms with Gasteiger partial charge in [-0.05, 0) is 52.6 Å². The van der Waals surface area contributed by atoms with E-state index in [1.807, 2.05) is 0 Å². The van der Waals surface area contributed by atoms with E-state index in [0.29, 0.717) is 0 Å². The van der Waals surface area contributed by atoms with Gasteiger partial charge in [-0.25, -0.2) is 0 Å². The molecule has 21 heavy (non-hydrogen) atoms. The minimum absolute atomic E-state index is 0.756. The zero-order chi connectivity index (χ0) is 16.1. The van der Waals surface area contributed by atoms with Crippen LogP contribution in [0.25, 0.3) is 0 Å². The maximum atomic E-state index is 3.55. The van der Waals surface area contributed by atoms with Gasteiger partial charge in [0.15, 0.2) is 0 Å². The van der Waals surface area contributed by atoms with Crippen molar-refractivity contribution in [2.24, 2.45) is 5.92 Å². The zero-order valence-corrected chi connectivity index (χ0v) is 15.5. The fraction of sp³-hybridized carbons (Fsp3) is 1.00. The van der Waals surface area contributed by atoms with Crippen molar-refractivity contribution < 1.29 is 0 Å². The third kappa shape index (κ3) is 13.2. The third-order valence-electron chi connectivity index (χ3n) is 3.93. The summed E-state index contributed by atoms with van der Waals surface area (Å²) in [6.45, 7) is 19.5. The SMILES string of the molecule is CCN(CC)CCCN(C)CCNCCN(C)CC(C)C. The fourth-order valence-electron chi connectivity index (χ4n) is 2.60. The molecule has 0 bridgehead atoms. The number of hydrogen-bond acceptors (Lipinski definition) is 4. The molecule has 4 heteroatoms. The summed E-state index contributed by atoms with van der Waals surface area (Å²) in [6, 6.07) is 0. The van der Waals surface area contributed by atoms with Crippen LogP contribution in [0.1, 0.15) is 34.1 Å². The lowest BCUT2D eigenvalue weighted by molar-refractivity contribution is 0.259. The lowest BCUT2D eigenvalue weighted by Crippen LogP contribution is -2.36. The van der Waals surface area contributed by atoms with Gasteiger partial charge in [0.25, 0.3) is 0 Å². The van der Waals surface area contributed by atoms with Crippen LogP contribution in [-0.4, -0.2) is 87.7 Å². The first-order valence-electron chi connectivity index (χ1n) is 8.79. The molecule has 0 rings (SSSR count). The summed E-state index contributed by atoms with van der Waals surface area (Å²) in [5.74, 6) is 0.756. The van der Waals surface area contributed by atoms with Crippen LogP contribution >= 0.6 is 0 Å². The Balaban J connectivity index is 3.43. The molecule has 0 atom stereocenters. The van der Waals surface area contributed by atoms with Gasteiger partial charge in [0.05, 0.1) is 0 Å². The van der Waals surface area contributed by atoms with Crippen molar-refractivity contribution in [3.8, 4) is 0 Å². The van der Waals surface area contributed by atoms with Crippen molar-refractivity contribution in [1.29, 1.82) is 0 Å². The molecule has 0 aliphatic carbocycles. The maximum Gasteiger partial charge on any atom is 0.0104 e. The Bertz CT molecular complexity index is 217. The molecule has 0 unspecified atom stereocenters. The topological polar surface area (TPSA) is 21.8 Å². The molecule has 4 nitrogen and oxygen atoms in total. The van der Waals surface area contributed by atoms with E-state index >= 15 is 0 Å². The second-order valence-corrected chi connectivity index (χ2v) is 6.59. The molecule has 0 saturated heterocycles. The van der Waals surface area contributed by atoms with E-state index in [1.165, 1.54) is 39.1 Å². The second-order valence-electron chi connectivity index (χ2n) is 6.59. The average Bonchev–Trinajstić information content (AvgIpc) is 2.42. The van der Waals surface area contributed by atoms with E-state index < -0.39 is 0 Å². The van der Waals surface area contributed by atoms with E-state index in [9.17, 15) is 0 Å². The molecule has 128 valence electrons. The van der Waals surface area contributed by atoms with Crippen molar-refractivity contribution in [2.45, 2.75) is 34.1 Å². The van der Waals surface area contributed by atoms with Crippen LogP contribution in [0.4, 0.5) is 0 Å². The molecule has 0 aromatic rings. The Morgan fingerprint density at radius 3 is 1.90 bits per heavy atom. The van der Waals surface area contributed by atoms with Crippen molar-refractivity contribution >= 4 is 0 Å². The molecular formula is C17H40N4. The van der Waals surface area contributed by atoms with Crippen LogP contribution in [0.15, 0.2) is 0 Å². The van der Waals surface area contributed by atoms with Gasteiger partial charge in [-0.15, -0.1) is 0 Å². The minimum Gasteiger partial charge on any atom is -0.314 e. The van der Waals surface area contributed by atoms with Crippen LogP contribution in [-0.2, 0) is 0 Å². The fourth-order valence-corrected chi connectivity index (χ4v) is 2.60. The molecule has 0 spiro atoms. The van der Waals surface area contributed by atoms with Crippen molar-refractivity contribution in [1.82, 2.24) is 20.0 Å². The first-order chi connectivity index (χ1) is 9.99. The van der Waals surface area contributed by atoms with Crippen molar-refractivity contribution in [2.75, 3.05) is 73.0 Å². The van der Waals surface area contributed by atoms with E-state index in [1.54, 1.807) is 0 Å². The van der Waals surface area contributed by atoms with Crippen LogP contribution in [0, 0.1) is 5.92 Å². The van der Waals surface area contributed by atoms with E-state index in [2.05, 4.69) is 61.8 Å². The third-order valence-corrected chi connectivity index (χ3v) is 3.93. The van der Waals surface area contributed by atoms with Crippen molar-refractivity contribution in [3.05, 3.63) is 0 Å². The molecule has 0 amide bonds. The Labute approximate surface area is 133 Å². The van der Waals surface area contributed by atoms with Gasteiger partial charge in [-0.1, -0.05) is 27.7 Å². The van der Waals surface area contributed by atoms with Gasteiger partial charge in [-0.2, -0.15) is 0 Å². The van der Waals surface area contributed by atoms with Gasteiger partial charge < -0.3 is 20.0 Å². The lowest BCUT2D eigenvalue weighted by Gasteiger charge is -2.22. The Morgan fingerprint density at radius 2 is 1.38 bits per heavy atom. The molecular weight excluding hydrogens is 260 g/mol. The highest BCUT2D eigenvalue weighted by atomic mass is 15.1. The molecule has 1 N–H and O–H groups in total. The summed E-state index contributed by atoms with van der Waals surface area (Å²) in [7, 11) is 4.44. The van der Waals surface area contributed by atoms with Gasteiger partial charge in [0.1, 0.15) is 0 Å². The standard InChI is InChI=1S/C17H40N4/c1-7-21(8-2)13-9-12-19(5)14-10-18-11-15-20(6)16-17(3)4/h17-18H,7-16H2,1-6H3. The predicted octanol–water partition coefficient (Wildman–Crippen LogP) is 1.83. The van der Waals surface area contributed by atoms with Crippen molar-refractivity contribution in [3.63, 3.8) is 0 Å². The quantitative estimate of drug-likeness (QED) is 0.494. The summed E-state index contributed by atoms with van der Waals surface area (Å²) in [6.07, 6.45) is 1.27. The summed E-state index contributed by atoms with van der Waals surface area (Å²) in [5, 5.41) is 3.55. The molecule has 0 aliphatic heterocycles. The summed E-state index contributed by atoms with van der Waals surface area (Å²) < 4.78 is 0. The molecule has 0 saturated carbocycles. The highest BCUT2D eigenvalue weighted by molar-refractivity contribution is 4.60. The maximum absolute atomic E-state index is 3.55. The number of hydrogen-bond donors (Lipinski definition) is 1. The molecule has 0 aromatic carbocycles. The average molecular weight is 301 g/mol. The summed E-state index contributed by atoms with van der Waals surface area (Å²) >= 11 is 0. The number of rotatable bonds is 14. The molecule has 0 aliphatic rings. The van der Waals surface area contributed by atoms with Gasteiger partial charge >= 0.3 is 0 Å². The van der Waals surface area contributed by atoms with Gasteiger partial charge in [-0.3, -0.25) is 0 Å². The smallest absolute Gasteiger partial charge is 0.0104 e.